The molecule has 0 radical (unpaired) electrons. The number of rotatable bonds is 4. The molecule has 1 saturated heterocycles. The van der Waals surface area contributed by atoms with Crippen molar-refractivity contribution in [2.45, 2.75) is 18.9 Å². The molecule has 5 rings (SSSR count). The van der Waals surface area contributed by atoms with E-state index >= 15 is 0 Å². The Morgan fingerprint density at radius 1 is 1.10 bits per heavy atom. The van der Waals surface area contributed by atoms with Crippen LogP contribution in [0.1, 0.15) is 35.2 Å². The Bertz CT molecular complexity index is 1140. The Kier molecular flexibility index (Phi) is 4.16. The van der Waals surface area contributed by atoms with Gasteiger partial charge in [-0.3, -0.25) is 4.79 Å². The van der Waals surface area contributed by atoms with Crippen molar-refractivity contribution in [1.29, 1.82) is 0 Å². The van der Waals surface area contributed by atoms with Gasteiger partial charge in [0.1, 0.15) is 23.0 Å². The summed E-state index contributed by atoms with van der Waals surface area (Å²) in [6.07, 6.45) is 1.83. The lowest BCUT2D eigenvalue weighted by molar-refractivity contribution is 0.0725. The van der Waals surface area contributed by atoms with E-state index in [1.807, 2.05) is 47.4 Å². The summed E-state index contributed by atoms with van der Waals surface area (Å²) in [6.45, 7) is 0.699. The second-order valence-corrected chi connectivity index (χ2v) is 7.24. The van der Waals surface area contributed by atoms with Gasteiger partial charge in [0.05, 0.1) is 36.8 Å². The molecule has 7 heteroatoms. The van der Waals surface area contributed by atoms with Crippen molar-refractivity contribution in [2.24, 2.45) is 0 Å². The second kappa shape index (κ2) is 6.84. The average Bonchev–Trinajstić information content (AvgIpc) is 3.49. The second-order valence-electron chi connectivity index (χ2n) is 7.24. The number of carbonyl (C=O) groups is 1. The number of fused-ring (bicyclic) bond motifs is 2. The van der Waals surface area contributed by atoms with E-state index in [-0.39, 0.29) is 11.9 Å². The van der Waals surface area contributed by atoms with Crippen LogP contribution in [0.4, 0.5) is 0 Å². The molecule has 2 aromatic heterocycles. The fraction of sp³-hybridized carbons (Fsp3) is 0.273. The number of nitrogens with zero attached hydrogens (tertiary/aromatic N) is 2. The minimum absolute atomic E-state index is 0.0479. The quantitative estimate of drug-likeness (QED) is 0.551. The van der Waals surface area contributed by atoms with Crippen LogP contribution in [0.5, 0.6) is 11.5 Å². The molecule has 0 aliphatic carbocycles. The highest BCUT2D eigenvalue weighted by Gasteiger charge is 2.33. The number of nitrogens with one attached hydrogen (secondary N) is 2. The van der Waals surface area contributed by atoms with Crippen molar-refractivity contribution >= 4 is 27.8 Å². The SMILES string of the molecule is COc1ccc(OC)c2[nH]c(C(=O)N3CCC[C@@H]3c3nc4ccccc4[nH]3)cc12. The summed E-state index contributed by atoms with van der Waals surface area (Å²) in [5, 5.41) is 0.828. The Hall–Kier alpha value is -3.48. The van der Waals surface area contributed by atoms with Crippen LogP contribution >= 0.6 is 0 Å². The van der Waals surface area contributed by atoms with Gasteiger partial charge in [0.2, 0.25) is 0 Å². The van der Waals surface area contributed by atoms with Crippen molar-refractivity contribution in [1.82, 2.24) is 19.9 Å². The van der Waals surface area contributed by atoms with Gasteiger partial charge < -0.3 is 24.3 Å². The molecule has 1 atom stereocenters. The summed E-state index contributed by atoms with van der Waals surface area (Å²) in [5.41, 5.74) is 3.18. The first-order valence-electron chi connectivity index (χ1n) is 9.69. The summed E-state index contributed by atoms with van der Waals surface area (Å²) in [7, 11) is 3.23. The fourth-order valence-electron chi connectivity index (χ4n) is 4.21. The number of H-pyrrole nitrogens is 2. The standard InChI is InChI=1S/C22H22N4O3/c1-28-18-9-10-19(29-2)20-13(18)12-16(23-20)22(27)26-11-5-8-17(26)21-24-14-6-3-4-7-15(14)25-21/h3-4,6-7,9-10,12,17,23H,5,8,11H2,1-2H3,(H,24,25)/t17-/m1/s1. The van der Waals surface area contributed by atoms with Crippen LogP contribution in [0.3, 0.4) is 0 Å². The largest absolute Gasteiger partial charge is 0.496 e. The average molecular weight is 390 g/mol. The lowest BCUT2D eigenvalue weighted by Gasteiger charge is -2.22. The zero-order valence-corrected chi connectivity index (χ0v) is 16.4. The Morgan fingerprint density at radius 2 is 1.90 bits per heavy atom. The molecule has 3 heterocycles. The Balaban J connectivity index is 1.52. The molecule has 4 aromatic rings. The van der Waals surface area contributed by atoms with Gasteiger partial charge in [0.15, 0.2) is 0 Å². The monoisotopic (exact) mass is 390 g/mol. The zero-order chi connectivity index (χ0) is 20.0. The third-order valence-corrected chi connectivity index (χ3v) is 5.62. The van der Waals surface area contributed by atoms with Gasteiger partial charge in [-0.05, 0) is 43.2 Å². The lowest BCUT2D eigenvalue weighted by atomic mass is 10.2. The van der Waals surface area contributed by atoms with E-state index in [1.165, 1.54) is 0 Å². The molecule has 2 aromatic carbocycles. The number of para-hydroxylation sites is 2. The first kappa shape index (κ1) is 17.6. The molecule has 0 bridgehead atoms. The number of methoxy groups -OCH3 is 2. The van der Waals surface area contributed by atoms with E-state index < -0.39 is 0 Å². The topological polar surface area (TPSA) is 83.2 Å². The smallest absolute Gasteiger partial charge is 0.270 e. The van der Waals surface area contributed by atoms with Crippen LogP contribution in [0, 0.1) is 0 Å². The van der Waals surface area contributed by atoms with E-state index in [0.717, 1.165) is 40.6 Å². The molecule has 1 fully saturated rings. The van der Waals surface area contributed by atoms with Crippen LogP contribution < -0.4 is 9.47 Å². The van der Waals surface area contributed by atoms with Crippen molar-refractivity contribution in [3.63, 3.8) is 0 Å². The van der Waals surface area contributed by atoms with Crippen molar-refractivity contribution in [3.8, 4) is 11.5 Å². The number of carbonyl (C=O) groups excluding carboxylic acids is 1. The highest BCUT2D eigenvalue weighted by atomic mass is 16.5. The third kappa shape index (κ3) is 2.81. The number of amides is 1. The predicted molar refractivity (Wildman–Crippen MR) is 111 cm³/mol. The maximum atomic E-state index is 13.4. The number of ether oxygens (including phenoxy) is 2. The van der Waals surface area contributed by atoms with Gasteiger partial charge >= 0.3 is 0 Å². The lowest BCUT2D eigenvalue weighted by Crippen LogP contribution is -2.31. The van der Waals surface area contributed by atoms with E-state index in [4.69, 9.17) is 14.5 Å². The van der Waals surface area contributed by atoms with Gasteiger partial charge in [-0.1, -0.05) is 12.1 Å². The first-order chi connectivity index (χ1) is 14.2. The number of hydrogen-bond acceptors (Lipinski definition) is 4. The molecule has 0 unspecified atom stereocenters. The number of benzene rings is 2. The van der Waals surface area contributed by atoms with Crippen LogP contribution in [0.25, 0.3) is 21.9 Å². The summed E-state index contributed by atoms with van der Waals surface area (Å²) < 4.78 is 10.9. The van der Waals surface area contributed by atoms with Crippen molar-refractivity contribution in [3.05, 3.63) is 54.0 Å². The zero-order valence-electron chi connectivity index (χ0n) is 16.4. The highest BCUT2D eigenvalue weighted by molar-refractivity contribution is 6.01. The minimum atomic E-state index is -0.0647. The maximum absolute atomic E-state index is 13.4. The predicted octanol–water partition coefficient (Wildman–Crippen LogP) is 4.04. The van der Waals surface area contributed by atoms with Gasteiger partial charge in [-0.15, -0.1) is 0 Å². The number of likely N-dealkylation sites (tertiary alicyclic amines) is 1. The van der Waals surface area contributed by atoms with E-state index in [0.29, 0.717) is 23.7 Å². The normalized spacial score (nSPS) is 16.6. The highest BCUT2D eigenvalue weighted by Crippen LogP contribution is 2.36. The molecule has 1 amide bonds. The molecule has 0 saturated carbocycles. The van der Waals surface area contributed by atoms with Crippen LogP contribution in [0.15, 0.2) is 42.5 Å². The van der Waals surface area contributed by atoms with Gasteiger partial charge in [-0.25, -0.2) is 4.98 Å². The maximum Gasteiger partial charge on any atom is 0.270 e. The fourth-order valence-corrected chi connectivity index (χ4v) is 4.21. The first-order valence-corrected chi connectivity index (χ1v) is 9.69. The van der Waals surface area contributed by atoms with Crippen LogP contribution in [0.2, 0.25) is 0 Å². The summed E-state index contributed by atoms with van der Waals surface area (Å²) >= 11 is 0. The Morgan fingerprint density at radius 3 is 2.69 bits per heavy atom. The molecule has 29 heavy (non-hydrogen) atoms. The minimum Gasteiger partial charge on any atom is -0.496 e. The molecule has 7 nitrogen and oxygen atoms in total. The van der Waals surface area contributed by atoms with E-state index in [1.54, 1.807) is 14.2 Å². The van der Waals surface area contributed by atoms with Crippen molar-refractivity contribution < 1.29 is 14.3 Å². The summed E-state index contributed by atoms with van der Waals surface area (Å²) in [4.78, 5) is 26.6. The van der Waals surface area contributed by atoms with E-state index in [9.17, 15) is 4.79 Å². The number of aromatic amines is 2. The van der Waals surface area contributed by atoms with Crippen LogP contribution in [-0.4, -0.2) is 46.5 Å². The number of aromatic nitrogens is 3. The summed E-state index contributed by atoms with van der Waals surface area (Å²) in [6, 6.07) is 13.4. The molecule has 148 valence electrons. The molecule has 0 spiro atoms. The Labute approximate surface area is 167 Å². The molecular weight excluding hydrogens is 368 g/mol. The third-order valence-electron chi connectivity index (χ3n) is 5.62. The number of imidazole rings is 1. The van der Waals surface area contributed by atoms with Crippen molar-refractivity contribution in [2.75, 3.05) is 20.8 Å². The molecular formula is C22H22N4O3. The number of hydrogen-bond donors (Lipinski definition) is 2. The molecule has 1 aliphatic rings. The van der Waals surface area contributed by atoms with Gasteiger partial charge in [0, 0.05) is 11.9 Å². The van der Waals surface area contributed by atoms with E-state index in [2.05, 4.69) is 9.97 Å². The van der Waals surface area contributed by atoms with Gasteiger partial charge in [-0.2, -0.15) is 0 Å². The summed E-state index contributed by atoms with van der Waals surface area (Å²) in [5.74, 6) is 2.16. The molecule has 2 N–H and O–H groups in total. The molecule has 1 aliphatic heterocycles. The van der Waals surface area contributed by atoms with Crippen LogP contribution in [-0.2, 0) is 0 Å². The van der Waals surface area contributed by atoms with Gasteiger partial charge in [0.25, 0.3) is 5.91 Å².